The van der Waals surface area contributed by atoms with Gasteiger partial charge in [-0.3, -0.25) is 9.19 Å². The van der Waals surface area contributed by atoms with Crippen LogP contribution in [0.15, 0.2) is 58.0 Å². The maximum Gasteiger partial charge on any atom is 0.268 e. The summed E-state index contributed by atoms with van der Waals surface area (Å²) in [5.74, 6) is -0.212. The zero-order chi connectivity index (χ0) is 25.2. The van der Waals surface area contributed by atoms with Crippen LogP contribution in [-0.4, -0.2) is 48.9 Å². The number of rotatable bonds is 8. The second-order valence-corrected chi connectivity index (χ2v) is 10.9. The smallest absolute Gasteiger partial charge is 0.268 e. The highest BCUT2D eigenvalue weighted by atomic mass is 32.2. The molecule has 1 unspecified atom stereocenters. The topological polar surface area (TPSA) is 103 Å². The SMILES string of the molecule is Cc1ncc(-c2ccc(S(=O)C(C)C)cc2)nc1-c1nnc(-c2ccc(CNC3COC3)cc2F)o1. The van der Waals surface area contributed by atoms with Crippen molar-refractivity contribution in [3.05, 3.63) is 65.7 Å². The maximum atomic E-state index is 14.8. The zero-order valence-corrected chi connectivity index (χ0v) is 21.0. The van der Waals surface area contributed by atoms with Gasteiger partial charge in [0.25, 0.3) is 11.8 Å². The van der Waals surface area contributed by atoms with Crippen LogP contribution in [0.3, 0.4) is 0 Å². The van der Waals surface area contributed by atoms with Crippen molar-refractivity contribution < 1.29 is 17.8 Å². The lowest BCUT2D eigenvalue weighted by molar-refractivity contribution is -0.00579. The van der Waals surface area contributed by atoms with Crippen LogP contribution in [0.4, 0.5) is 4.39 Å². The van der Waals surface area contributed by atoms with E-state index in [2.05, 4.69) is 25.5 Å². The summed E-state index contributed by atoms with van der Waals surface area (Å²) in [6.45, 7) is 7.54. The van der Waals surface area contributed by atoms with E-state index in [4.69, 9.17) is 9.15 Å². The fraction of sp³-hybridized carbons (Fsp3) is 0.308. The van der Waals surface area contributed by atoms with Crippen LogP contribution >= 0.6 is 0 Å². The molecule has 2 aromatic carbocycles. The normalized spacial score (nSPS) is 14.7. The number of benzene rings is 2. The Morgan fingerprint density at radius 2 is 1.86 bits per heavy atom. The highest BCUT2D eigenvalue weighted by molar-refractivity contribution is 7.85. The number of aryl methyl sites for hydroxylation is 1. The molecule has 8 nitrogen and oxygen atoms in total. The van der Waals surface area contributed by atoms with Crippen LogP contribution in [0, 0.1) is 12.7 Å². The Labute approximate surface area is 210 Å². The third-order valence-corrected chi connectivity index (χ3v) is 7.48. The van der Waals surface area contributed by atoms with Gasteiger partial charge in [-0.15, -0.1) is 10.2 Å². The lowest BCUT2D eigenvalue weighted by Crippen LogP contribution is -2.45. The van der Waals surface area contributed by atoms with Crippen molar-refractivity contribution in [2.24, 2.45) is 0 Å². The fourth-order valence-electron chi connectivity index (χ4n) is 3.71. The average molecular weight is 508 g/mol. The molecule has 4 aromatic rings. The number of hydrogen-bond acceptors (Lipinski definition) is 8. The van der Waals surface area contributed by atoms with E-state index < -0.39 is 16.6 Å². The van der Waals surface area contributed by atoms with Crippen molar-refractivity contribution in [1.82, 2.24) is 25.5 Å². The Hall–Kier alpha value is -3.34. The number of ether oxygens (including phenoxy) is 1. The predicted molar refractivity (Wildman–Crippen MR) is 134 cm³/mol. The molecule has 0 saturated carbocycles. The molecule has 1 saturated heterocycles. The number of nitrogens with one attached hydrogen (secondary N) is 1. The minimum atomic E-state index is -1.07. The molecule has 3 heterocycles. The third kappa shape index (κ3) is 5.11. The van der Waals surface area contributed by atoms with E-state index in [0.717, 1.165) is 16.0 Å². The van der Waals surface area contributed by atoms with E-state index in [9.17, 15) is 8.60 Å². The molecule has 2 aromatic heterocycles. The Kier molecular flexibility index (Phi) is 6.99. The number of nitrogens with zero attached hydrogens (tertiary/aromatic N) is 4. The quantitative estimate of drug-likeness (QED) is 0.376. The summed E-state index contributed by atoms with van der Waals surface area (Å²) in [4.78, 5) is 9.87. The molecule has 1 fully saturated rings. The van der Waals surface area contributed by atoms with Gasteiger partial charge in [-0.25, -0.2) is 9.37 Å². The van der Waals surface area contributed by atoms with E-state index in [0.29, 0.717) is 42.9 Å². The predicted octanol–water partition coefficient (Wildman–Crippen LogP) is 4.31. The molecule has 1 N–H and O–H groups in total. The van der Waals surface area contributed by atoms with Crippen LogP contribution in [0.5, 0.6) is 0 Å². The van der Waals surface area contributed by atoms with Gasteiger partial charge < -0.3 is 14.5 Å². The van der Waals surface area contributed by atoms with Gasteiger partial charge in [-0.1, -0.05) is 32.0 Å². The average Bonchev–Trinajstić information content (AvgIpc) is 3.33. The summed E-state index contributed by atoms with van der Waals surface area (Å²) >= 11 is 0. The zero-order valence-electron chi connectivity index (χ0n) is 20.2. The number of halogens is 1. The van der Waals surface area contributed by atoms with Gasteiger partial charge in [-0.05, 0) is 36.8 Å². The first-order chi connectivity index (χ1) is 17.4. The Morgan fingerprint density at radius 3 is 2.53 bits per heavy atom. The minimum absolute atomic E-state index is 0.0356. The van der Waals surface area contributed by atoms with Gasteiger partial charge in [0, 0.05) is 22.3 Å². The molecule has 1 atom stereocenters. The van der Waals surface area contributed by atoms with Gasteiger partial charge >= 0.3 is 0 Å². The first-order valence-corrected chi connectivity index (χ1v) is 12.9. The standard InChI is InChI=1S/C26H26FN5O3S/c1-15(2)36(33)20-7-5-18(6-8-20)23-12-28-16(3)24(30-23)26-32-31-25(35-26)21-9-4-17(10-22(21)27)11-29-19-13-34-14-19/h4-10,12,15,19,29H,11,13-14H2,1-3H3. The monoisotopic (exact) mass is 507 g/mol. The summed E-state index contributed by atoms with van der Waals surface area (Å²) in [5, 5.41) is 11.5. The van der Waals surface area contributed by atoms with Gasteiger partial charge in [0.15, 0.2) is 0 Å². The van der Waals surface area contributed by atoms with Gasteiger partial charge in [0.2, 0.25) is 0 Å². The van der Waals surface area contributed by atoms with Crippen LogP contribution in [0.2, 0.25) is 0 Å². The molecule has 1 aliphatic heterocycles. The molecule has 0 amide bonds. The van der Waals surface area contributed by atoms with E-state index in [1.807, 2.05) is 44.2 Å². The number of aromatic nitrogens is 4. The first kappa shape index (κ1) is 24.4. The summed E-state index contributed by atoms with van der Waals surface area (Å²) in [7, 11) is -1.07. The molecular formula is C26H26FN5O3S. The van der Waals surface area contributed by atoms with E-state index in [1.54, 1.807) is 19.2 Å². The van der Waals surface area contributed by atoms with Crippen LogP contribution in [0.25, 0.3) is 34.3 Å². The lowest BCUT2D eigenvalue weighted by Gasteiger charge is -2.27. The second-order valence-electron chi connectivity index (χ2n) is 8.90. The Bertz CT molecular complexity index is 1400. The molecule has 0 aliphatic carbocycles. The Balaban J connectivity index is 1.37. The van der Waals surface area contributed by atoms with Crippen LogP contribution in [-0.2, 0) is 22.1 Å². The first-order valence-electron chi connectivity index (χ1n) is 11.7. The van der Waals surface area contributed by atoms with Crippen LogP contribution < -0.4 is 5.32 Å². The largest absolute Gasteiger partial charge is 0.414 e. The van der Waals surface area contributed by atoms with Crippen molar-refractivity contribution >= 4 is 10.8 Å². The molecule has 36 heavy (non-hydrogen) atoms. The van der Waals surface area contributed by atoms with E-state index in [1.165, 1.54) is 6.07 Å². The number of hydrogen-bond donors (Lipinski definition) is 1. The van der Waals surface area contributed by atoms with Crippen molar-refractivity contribution in [2.45, 2.75) is 43.5 Å². The van der Waals surface area contributed by atoms with E-state index >= 15 is 0 Å². The fourth-order valence-corrected chi connectivity index (χ4v) is 4.66. The maximum absolute atomic E-state index is 14.8. The molecule has 0 spiro atoms. The summed E-state index contributed by atoms with van der Waals surface area (Å²) < 4.78 is 38.1. The van der Waals surface area contributed by atoms with Crippen molar-refractivity contribution in [1.29, 1.82) is 0 Å². The highest BCUT2D eigenvalue weighted by Gasteiger charge is 2.20. The third-order valence-electron chi connectivity index (χ3n) is 5.89. The van der Waals surface area contributed by atoms with Gasteiger partial charge in [0.05, 0.1) is 53.2 Å². The van der Waals surface area contributed by atoms with Crippen molar-refractivity contribution in [3.8, 4) is 34.3 Å². The summed E-state index contributed by atoms with van der Waals surface area (Å²) in [5.41, 5.74) is 3.49. The van der Waals surface area contributed by atoms with Crippen molar-refractivity contribution in [3.63, 3.8) is 0 Å². The molecule has 0 radical (unpaired) electrons. The van der Waals surface area contributed by atoms with Crippen LogP contribution in [0.1, 0.15) is 25.1 Å². The molecule has 1 aliphatic rings. The van der Waals surface area contributed by atoms with E-state index in [-0.39, 0.29) is 22.6 Å². The van der Waals surface area contributed by atoms with Gasteiger partial charge in [0.1, 0.15) is 11.5 Å². The molecule has 10 heteroatoms. The minimum Gasteiger partial charge on any atom is -0.414 e. The molecule has 186 valence electrons. The van der Waals surface area contributed by atoms with Gasteiger partial charge in [-0.2, -0.15) is 0 Å². The molecule has 0 bridgehead atoms. The van der Waals surface area contributed by atoms with Crippen molar-refractivity contribution in [2.75, 3.05) is 13.2 Å². The summed E-state index contributed by atoms with van der Waals surface area (Å²) in [6, 6.07) is 12.6. The second kappa shape index (κ2) is 10.3. The Morgan fingerprint density at radius 1 is 1.11 bits per heavy atom. The molecule has 5 rings (SSSR count). The molecular weight excluding hydrogens is 481 g/mol. The summed E-state index contributed by atoms with van der Waals surface area (Å²) in [6.07, 6.45) is 1.66. The highest BCUT2D eigenvalue weighted by Crippen LogP contribution is 2.28. The lowest BCUT2D eigenvalue weighted by atomic mass is 10.1.